The van der Waals surface area contributed by atoms with Crippen LogP contribution in [-0.2, 0) is 5.54 Å². The van der Waals surface area contributed by atoms with E-state index < -0.39 is 5.54 Å². The zero-order valence-corrected chi connectivity index (χ0v) is 28.6. The summed E-state index contributed by atoms with van der Waals surface area (Å²) in [6.45, 7) is 9.36. The summed E-state index contributed by atoms with van der Waals surface area (Å²) in [5, 5.41) is 7.85. The van der Waals surface area contributed by atoms with Gasteiger partial charge in [0.25, 0.3) is 0 Å². The molecule has 8 aromatic rings. The number of hydrogen-bond acceptors (Lipinski definition) is 1. The van der Waals surface area contributed by atoms with Crippen LogP contribution >= 0.6 is 0 Å². The Kier molecular flexibility index (Phi) is 6.88. The molecule has 0 amide bonds. The van der Waals surface area contributed by atoms with Crippen LogP contribution < -0.4 is 4.90 Å². The molecule has 9 rings (SSSR count). The predicted molar refractivity (Wildman–Crippen MR) is 208 cm³/mol. The molecule has 1 heterocycles. The highest BCUT2D eigenvalue weighted by atomic mass is 15.3. The van der Waals surface area contributed by atoms with E-state index in [0.29, 0.717) is 11.8 Å². The van der Waals surface area contributed by atoms with Crippen molar-refractivity contribution in [3.63, 3.8) is 0 Å². The number of anilines is 1. The fraction of sp³-hybridized carbons (Fsp3) is 0.146. The molecule has 0 saturated heterocycles. The van der Waals surface area contributed by atoms with Crippen LogP contribution in [0.4, 0.5) is 5.69 Å². The highest BCUT2D eigenvalue weighted by molar-refractivity contribution is 6.23. The van der Waals surface area contributed by atoms with Crippen molar-refractivity contribution in [3.8, 4) is 0 Å². The van der Waals surface area contributed by atoms with E-state index in [0.717, 1.165) is 0 Å². The maximum absolute atomic E-state index is 2.75. The van der Waals surface area contributed by atoms with E-state index >= 15 is 0 Å². The Labute approximate surface area is 289 Å². The van der Waals surface area contributed by atoms with Crippen LogP contribution in [0.15, 0.2) is 158 Å². The molecule has 0 saturated carbocycles. The van der Waals surface area contributed by atoms with Gasteiger partial charge in [0.1, 0.15) is 11.6 Å². The van der Waals surface area contributed by atoms with Gasteiger partial charge in [-0.1, -0.05) is 173 Å². The molecule has 0 N–H and O–H groups in total. The molecule has 49 heavy (non-hydrogen) atoms. The maximum Gasteiger partial charge on any atom is 0.124 e. The Morgan fingerprint density at radius 2 is 0.918 bits per heavy atom. The molecular weight excluding hydrogens is 591 g/mol. The molecule has 0 atom stereocenters. The van der Waals surface area contributed by atoms with Gasteiger partial charge in [0.05, 0.1) is 0 Å². The van der Waals surface area contributed by atoms with Crippen molar-refractivity contribution in [1.29, 1.82) is 0 Å². The first-order chi connectivity index (χ1) is 24.0. The van der Waals surface area contributed by atoms with Gasteiger partial charge in [-0.15, -0.1) is 0 Å². The average Bonchev–Trinajstić information content (AvgIpc) is 3.45. The number of rotatable bonds is 6. The van der Waals surface area contributed by atoms with E-state index in [4.69, 9.17) is 0 Å². The molecular formula is C48H40N. The Morgan fingerprint density at radius 1 is 0.449 bits per heavy atom. The van der Waals surface area contributed by atoms with E-state index in [1.165, 1.54) is 83.0 Å². The monoisotopic (exact) mass is 630 g/mol. The molecule has 0 spiro atoms. The molecule has 237 valence electrons. The fourth-order valence-corrected chi connectivity index (χ4v) is 8.73. The molecule has 0 bridgehead atoms. The van der Waals surface area contributed by atoms with Gasteiger partial charge in [-0.25, -0.2) is 0 Å². The lowest BCUT2D eigenvalue weighted by molar-refractivity contribution is 0.613. The number of fused-ring (bicyclic) bond motifs is 1. The van der Waals surface area contributed by atoms with Crippen LogP contribution in [0.1, 0.15) is 78.5 Å². The number of benzene rings is 8. The fourth-order valence-electron chi connectivity index (χ4n) is 8.73. The van der Waals surface area contributed by atoms with Gasteiger partial charge >= 0.3 is 0 Å². The highest BCUT2D eigenvalue weighted by Crippen LogP contribution is 2.59. The lowest BCUT2D eigenvalue weighted by Gasteiger charge is -2.46. The third kappa shape index (κ3) is 4.31. The van der Waals surface area contributed by atoms with Crippen LogP contribution in [0.5, 0.6) is 0 Å². The van der Waals surface area contributed by atoms with Crippen molar-refractivity contribution >= 4 is 38.0 Å². The summed E-state index contributed by atoms with van der Waals surface area (Å²) in [5.41, 5.74) is 9.77. The smallest absolute Gasteiger partial charge is 0.124 e. The van der Waals surface area contributed by atoms with Crippen LogP contribution in [0.25, 0.3) is 32.3 Å². The lowest BCUT2D eigenvalue weighted by Crippen LogP contribution is -2.46. The molecule has 0 aromatic heterocycles. The zero-order chi connectivity index (χ0) is 33.3. The highest BCUT2D eigenvalue weighted by Gasteiger charge is 2.54. The Hall–Kier alpha value is -5.40. The van der Waals surface area contributed by atoms with Crippen molar-refractivity contribution in [1.82, 2.24) is 0 Å². The summed E-state index contributed by atoms with van der Waals surface area (Å²) in [6.07, 6.45) is 0. The summed E-state index contributed by atoms with van der Waals surface area (Å²) in [5.74, 6) is 0.654. The number of para-hydroxylation sites is 1. The van der Waals surface area contributed by atoms with Gasteiger partial charge in [-0.05, 0) is 95.2 Å². The SMILES string of the molecule is CC(C)c1cccc(C(C)C)c1N1[C](c2cc3ccc4cccc5ccc(c2)c3c45)c2ccccc2C1(c1ccccc1)c1ccccc1. The van der Waals surface area contributed by atoms with Gasteiger partial charge < -0.3 is 4.90 Å². The van der Waals surface area contributed by atoms with Crippen molar-refractivity contribution in [3.05, 3.63) is 203 Å². The molecule has 1 nitrogen and oxygen atoms in total. The second-order valence-corrected chi connectivity index (χ2v) is 14.3. The van der Waals surface area contributed by atoms with E-state index in [-0.39, 0.29) is 0 Å². The molecule has 0 unspecified atom stereocenters. The number of nitrogens with zero attached hydrogens (tertiary/aromatic N) is 1. The lowest BCUT2D eigenvalue weighted by atomic mass is 9.76. The van der Waals surface area contributed by atoms with Crippen LogP contribution in [0, 0.1) is 6.04 Å². The molecule has 1 aliphatic heterocycles. The van der Waals surface area contributed by atoms with Crippen molar-refractivity contribution in [2.75, 3.05) is 4.90 Å². The van der Waals surface area contributed by atoms with E-state index in [1.807, 2.05) is 0 Å². The summed E-state index contributed by atoms with van der Waals surface area (Å²) in [6, 6.07) is 60.5. The van der Waals surface area contributed by atoms with Crippen LogP contribution in [-0.4, -0.2) is 0 Å². The number of hydrogen-bond donors (Lipinski definition) is 0. The Balaban J connectivity index is 1.45. The second-order valence-electron chi connectivity index (χ2n) is 14.3. The summed E-state index contributed by atoms with van der Waals surface area (Å²) >= 11 is 0. The normalized spacial score (nSPS) is 14.5. The average molecular weight is 631 g/mol. The minimum absolute atomic E-state index is 0.327. The third-order valence-corrected chi connectivity index (χ3v) is 10.8. The summed E-state index contributed by atoms with van der Waals surface area (Å²) < 4.78 is 0. The van der Waals surface area contributed by atoms with E-state index in [9.17, 15) is 0 Å². The van der Waals surface area contributed by atoms with Gasteiger partial charge in [0.15, 0.2) is 0 Å². The summed E-state index contributed by atoms with van der Waals surface area (Å²) in [4.78, 5) is 2.75. The van der Waals surface area contributed by atoms with Gasteiger partial charge in [0, 0.05) is 5.69 Å². The van der Waals surface area contributed by atoms with Crippen molar-refractivity contribution in [2.45, 2.75) is 45.1 Å². The molecule has 1 aliphatic rings. The largest absolute Gasteiger partial charge is 0.336 e. The first-order valence-electron chi connectivity index (χ1n) is 17.7. The van der Waals surface area contributed by atoms with Crippen LogP contribution in [0.3, 0.4) is 0 Å². The Morgan fingerprint density at radius 3 is 1.47 bits per heavy atom. The Bertz CT molecular complexity index is 2330. The quantitative estimate of drug-likeness (QED) is 0.165. The standard InChI is InChI=1S/C48H40N/c1-31(2)40-22-14-23-41(32(3)4)47(40)49-46(37-29-35-27-25-33-15-13-16-34-26-28-36(30-37)45(35)44(33)34)42-21-11-12-24-43(42)48(49,38-17-7-5-8-18-38)39-19-9-6-10-20-39/h5-32H,1-4H3. The van der Waals surface area contributed by atoms with Gasteiger partial charge in [0.2, 0.25) is 0 Å². The maximum atomic E-state index is 2.75. The molecule has 8 aromatic carbocycles. The van der Waals surface area contributed by atoms with Crippen molar-refractivity contribution in [2.24, 2.45) is 0 Å². The topological polar surface area (TPSA) is 3.24 Å². The van der Waals surface area contributed by atoms with Crippen molar-refractivity contribution < 1.29 is 0 Å². The minimum Gasteiger partial charge on any atom is -0.336 e. The molecule has 0 fully saturated rings. The first-order valence-corrected chi connectivity index (χ1v) is 17.7. The van der Waals surface area contributed by atoms with Gasteiger partial charge in [-0.2, -0.15) is 0 Å². The second kappa shape index (κ2) is 11.3. The van der Waals surface area contributed by atoms with E-state index in [1.54, 1.807) is 0 Å². The zero-order valence-electron chi connectivity index (χ0n) is 28.6. The third-order valence-electron chi connectivity index (χ3n) is 10.8. The molecule has 1 radical (unpaired) electrons. The molecule has 0 aliphatic carbocycles. The summed E-state index contributed by atoms with van der Waals surface area (Å²) in [7, 11) is 0. The van der Waals surface area contributed by atoms with Gasteiger partial charge in [-0.3, -0.25) is 0 Å². The van der Waals surface area contributed by atoms with Crippen LogP contribution in [0.2, 0.25) is 0 Å². The first kappa shape index (κ1) is 29.7. The predicted octanol–water partition coefficient (Wildman–Crippen LogP) is 12.6. The minimum atomic E-state index is -0.609. The van der Waals surface area contributed by atoms with E-state index in [2.05, 4.69) is 190 Å². The molecule has 1 heteroatoms.